The van der Waals surface area contributed by atoms with Gasteiger partial charge in [0, 0.05) is 18.5 Å². The van der Waals surface area contributed by atoms with Gasteiger partial charge in [-0.3, -0.25) is 4.79 Å². The van der Waals surface area contributed by atoms with Crippen LogP contribution in [0.2, 0.25) is 0 Å². The van der Waals surface area contributed by atoms with Gasteiger partial charge in [0.15, 0.2) is 0 Å². The van der Waals surface area contributed by atoms with Gasteiger partial charge in [-0.25, -0.2) is 0 Å². The molecule has 3 nitrogen and oxygen atoms in total. The van der Waals surface area contributed by atoms with Gasteiger partial charge < -0.3 is 10.4 Å². The van der Waals surface area contributed by atoms with E-state index in [1.165, 1.54) is 6.07 Å². The van der Waals surface area contributed by atoms with E-state index in [1.807, 2.05) is 0 Å². The SMILES string of the molecule is C#CCCCCNC(=O)c1ccc(O)cc1C. The first-order valence-corrected chi connectivity index (χ1v) is 5.66. The number of nitrogens with one attached hydrogen (secondary N) is 1. The van der Waals surface area contributed by atoms with Crippen LogP contribution in [0.25, 0.3) is 0 Å². The van der Waals surface area contributed by atoms with Crippen LogP contribution in [0.3, 0.4) is 0 Å². The van der Waals surface area contributed by atoms with E-state index >= 15 is 0 Å². The smallest absolute Gasteiger partial charge is 0.251 e. The normalized spacial score (nSPS) is 9.65. The van der Waals surface area contributed by atoms with Gasteiger partial charge in [0.25, 0.3) is 5.91 Å². The Morgan fingerprint density at radius 1 is 1.47 bits per heavy atom. The Bertz CT molecular complexity index is 432. The first-order valence-electron chi connectivity index (χ1n) is 5.66. The molecule has 0 fully saturated rings. The van der Waals surface area contributed by atoms with Gasteiger partial charge in [-0.2, -0.15) is 0 Å². The summed E-state index contributed by atoms with van der Waals surface area (Å²) < 4.78 is 0. The Balaban J connectivity index is 2.45. The molecule has 90 valence electrons. The summed E-state index contributed by atoms with van der Waals surface area (Å²) >= 11 is 0. The Morgan fingerprint density at radius 2 is 2.24 bits per heavy atom. The number of amides is 1. The van der Waals surface area contributed by atoms with Crippen LogP contribution in [0.4, 0.5) is 0 Å². The predicted octanol–water partition coefficient (Wildman–Crippen LogP) is 2.23. The van der Waals surface area contributed by atoms with E-state index in [2.05, 4.69) is 11.2 Å². The van der Waals surface area contributed by atoms with E-state index in [9.17, 15) is 9.90 Å². The van der Waals surface area contributed by atoms with E-state index in [0.29, 0.717) is 12.1 Å². The highest BCUT2D eigenvalue weighted by molar-refractivity contribution is 5.95. The third-order valence-corrected chi connectivity index (χ3v) is 2.49. The molecule has 0 bridgehead atoms. The van der Waals surface area contributed by atoms with Crippen LogP contribution in [0.5, 0.6) is 5.75 Å². The number of phenolic OH excluding ortho intramolecular Hbond substituents is 1. The third-order valence-electron chi connectivity index (χ3n) is 2.49. The van der Waals surface area contributed by atoms with E-state index < -0.39 is 0 Å². The number of unbranched alkanes of at least 4 members (excludes halogenated alkanes) is 2. The minimum atomic E-state index is -0.108. The summed E-state index contributed by atoms with van der Waals surface area (Å²) in [6.07, 6.45) is 7.68. The number of benzene rings is 1. The van der Waals surface area contributed by atoms with Crippen LogP contribution in [0.1, 0.15) is 35.2 Å². The summed E-state index contributed by atoms with van der Waals surface area (Å²) in [4.78, 5) is 11.8. The average molecular weight is 231 g/mol. The zero-order valence-corrected chi connectivity index (χ0v) is 9.99. The van der Waals surface area contributed by atoms with E-state index in [-0.39, 0.29) is 11.7 Å². The maximum atomic E-state index is 11.8. The lowest BCUT2D eigenvalue weighted by Gasteiger charge is -2.07. The van der Waals surface area contributed by atoms with E-state index in [1.54, 1.807) is 19.1 Å². The molecule has 1 aromatic rings. The van der Waals surface area contributed by atoms with Crippen molar-refractivity contribution in [1.82, 2.24) is 5.32 Å². The minimum Gasteiger partial charge on any atom is -0.508 e. The molecule has 0 aliphatic heterocycles. The van der Waals surface area contributed by atoms with Crippen LogP contribution < -0.4 is 5.32 Å². The van der Waals surface area contributed by atoms with Gasteiger partial charge in [-0.15, -0.1) is 12.3 Å². The molecule has 1 rings (SSSR count). The molecular weight excluding hydrogens is 214 g/mol. The second kappa shape index (κ2) is 6.59. The van der Waals surface area contributed by atoms with Crippen molar-refractivity contribution in [3.63, 3.8) is 0 Å². The third kappa shape index (κ3) is 4.20. The van der Waals surface area contributed by atoms with Gasteiger partial charge >= 0.3 is 0 Å². The molecule has 0 saturated heterocycles. The topological polar surface area (TPSA) is 49.3 Å². The maximum Gasteiger partial charge on any atom is 0.251 e. The monoisotopic (exact) mass is 231 g/mol. The molecular formula is C14H17NO2. The number of hydrogen-bond donors (Lipinski definition) is 2. The molecule has 3 heteroatoms. The molecule has 17 heavy (non-hydrogen) atoms. The molecule has 0 heterocycles. The number of carbonyl (C=O) groups excluding carboxylic acids is 1. The van der Waals surface area contributed by atoms with Crippen LogP contribution in [0, 0.1) is 19.3 Å². The molecule has 1 aromatic carbocycles. The molecule has 0 aromatic heterocycles. The summed E-state index contributed by atoms with van der Waals surface area (Å²) in [6.45, 7) is 2.42. The van der Waals surface area contributed by atoms with Crippen molar-refractivity contribution < 1.29 is 9.90 Å². The number of aryl methyl sites for hydroxylation is 1. The summed E-state index contributed by atoms with van der Waals surface area (Å²) in [5.41, 5.74) is 1.37. The van der Waals surface area contributed by atoms with Gasteiger partial charge in [-0.1, -0.05) is 0 Å². The molecule has 0 atom stereocenters. The Hall–Kier alpha value is -1.95. The molecule has 2 N–H and O–H groups in total. The highest BCUT2D eigenvalue weighted by Crippen LogP contribution is 2.15. The quantitative estimate of drug-likeness (QED) is 0.603. The summed E-state index contributed by atoms with van der Waals surface area (Å²) in [5, 5.41) is 12.1. The number of aromatic hydroxyl groups is 1. The van der Waals surface area contributed by atoms with Crippen molar-refractivity contribution in [2.45, 2.75) is 26.2 Å². The summed E-state index contributed by atoms with van der Waals surface area (Å²) in [5.74, 6) is 2.63. The van der Waals surface area contributed by atoms with Gasteiger partial charge in [0.1, 0.15) is 5.75 Å². The molecule has 1 amide bonds. The van der Waals surface area contributed by atoms with Crippen molar-refractivity contribution >= 4 is 5.91 Å². The number of rotatable bonds is 5. The molecule has 0 saturated carbocycles. The Morgan fingerprint density at radius 3 is 2.88 bits per heavy atom. The Kier molecular flexibility index (Phi) is 5.09. The molecule has 0 spiro atoms. The van der Waals surface area contributed by atoms with Crippen LogP contribution in [-0.4, -0.2) is 17.6 Å². The average Bonchev–Trinajstić information content (AvgIpc) is 2.28. The van der Waals surface area contributed by atoms with Crippen LogP contribution in [0.15, 0.2) is 18.2 Å². The molecule has 0 aliphatic carbocycles. The van der Waals surface area contributed by atoms with Crippen molar-refractivity contribution in [3.05, 3.63) is 29.3 Å². The lowest BCUT2D eigenvalue weighted by atomic mass is 10.1. The first kappa shape index (κ1) is 13.1. The Labute approximate surface area is 102 Å². The van der Waals surface area contributed by atoms with Crippen molar-refractivity contribution in [2.75, 3.05) is 6.54 Å². The standard InChI is InChI=1S/C14H17NO2/c1-3-4-5-6-9-15-14(17)13-8-7-12(16)10-11(13)2/h1,7-8,10,16H,4-6,9H2,2H3,(H,15,17). The highest BCUT2D eigenvalue weighted by Gasteiger charge is 2.08. The van der Waals surface area contributed by atoms with Gasteiger partial charge in [-0.05, 0) is 43.5 Å². The second-order valence-corrected chi connectivity index (χ2v) is 3.92. The van der Waals surface area contributed by atoms with E-state index in [0.717, 1.165) is 24.8 Å². The van der Waals surface area contributed by atoms with Crippen LogP contribution in [-0.2, 0) is 0 Å². The van der Waals surface area contributed by atoms with Crippen LogP contribution >= 0.6 is 0 Å². The minimum absolute atomic E-state index is 0.108. The second-order valence-electron chi connectivity index (χ2n) is 3.92. The van der Waals surface area contributed by atoms with Crippen molar-refractivity contribution in [2.24, 2.45) is 0 Å². The molecule has 0 radical (unpaired) electrons. The predicted molar refractivity (Wildman–Crippen MR) is 67.9 cm³/mol. The van der Waals surface area contributed by atoms with Crippen molar-refractivity contribution in [3.8, 4) is 18.1 Å². The number of terminal acetylenes is 1. The largest absolute Gasteiger partial charge is 0.508 e. The van der Waals surface area contributed by atoms with E-state index in [4.69, 9.17) is 6.42 Å². The zero-order chi connectivity index (χ0) is 12.7. The van der Waals surface area contributed by atoms with Crippen molar-refractivity contribution in [1.29, 1.82) is 0 Å². The molecule has 0 unspecified atom stereocenters. The lowest BCUT2D eigenvalue weighted by molar-refractivity contribution is 0.0952. The first-order chi connectivity index (χ1) is 8.15. The fourth-order valence-electron chi connectivity index (χ4n) is 1.55. The maximum absolute atomic E-state index is 11.8. The number of hydrogen-bond acceptors (Lipinski definition) is 2. The lowest BCUT2D eigenvalue weighted by Crippen LogP contribution is -2.25. The highest BCUT2D eigenvalue weighted by atomic mass is 16.3. The summed E-state index contributed by atoms with van der Waals surface area (Å²) in [6, 6.07) is 4.72. The fraction of sp³-hybridized carbons (Fsp3) is 0.357. The fourth-order valence-corrected chi connectivity index (χ4v) is 1.55. The summed E-state index contributed by atoms with van der Waals surface area (Å²) in [7, 11) is 0. The zero-order valence-electron chi connectivity index (χ0n) is 9.99. The molecule has 0 aliphatic rings. The number of phenols is 1. The van der Waals surface area contributed by atoms with Gasteiger partial charge in [0.2, 0.25) is 0 Å². The van der Waals surface area contributed by atoms with Gasteiger partial charge in [0.05, 0.1) is 0 Å². The number of carbonyl (C=O) groups is 1.